The number of carbonyl (C=O) groups is 1. The number of hydrogen-bond donors (Lipinski definition) is 2. The molecule has 152 valence electrons. The van der Waals surface area contributed by atoms with E-state index < -0.39 is 6.23 Å². The number of amides is 1. The maximum atomic E-state index is 12.8. The van der Waals surface area contributed by atoms with Gasteiger partial charge in [0.1, 0.15) is 0 Å². The van der Waals surface area contributed by atoms with Crippen LogP contribution in [-0.4, -0.2) is 49.0 Å². The van der Waals surface area contributed by atoms with Crippen LogP contribution in [0.15, 0.2) is 42.2 Å². The molecule has 0 aliphatic carbocycles. The Kier molecular flexibility index (Phi) is 5.67. The van der Waals surface area contributed by atoms with Crippen molar-refractivity contribution in [2.24, 2.45) is 0 Å². The lowest BCUT2D eigenvalue weighted by Gasteiger charge is -2.38. The molecule has 2 aromatic rings. The molecular formula is C22H25N3O4. The maximum absolute atomic E-state index is 12.8. The lowest BCUT2D eigenvalue weighted by molar-refractivity contribution is -0.118. The molecule has 7 heteroatoms. The van der Waals surface area contributed by atoms with Gasteiger partial charge in [0.2, 0.25) is 0 Å². The van der Waals surface area contributed by atoms with E-state index in [9.17, 15) is 9.90 Å². The maximum Gasteiger partial charge on any atom is 0.251 e. The van der Waals surface area contributed by atoms with E-state index in [1.165, 1.54) is 0 Å². The first kappa shape index (κ1) is 19.3. The number of carbonyl (C=O) groups excluding carboxylic acids is 1. The number of hydrogen-bond acceptors (Lipinski definition) is 6. The van der Waals surface area contributed by atoms with Crippen LogP contribution in [0, 0.1) is 0 Å². The second kappa shape index (κ2) is 8.53. The lowest BCUT2D eigenvalue weighted by Crippen LogP contribution is -2.45. The molecule has 7 nitrogen and oxygen atoms in total. The molecule has 3 heterocycles. The fraction of sp³-hybridized carbons (Fsp3) is 0.364. The number of nitrogens with one attached hydrogen (secondary N) is 1. The molecule has 1 amide bonds. The van der Waals surface area contributed by atoms with Crippen molar-refractivity contribution in [2.75, 3.05) is 31.7 Å². The minimum Gasteiger partial charge on any atom is -0.493 e. The van der Waals surface area contributed by atoms with E-state index in [2.05, 4.69) is 10.3 Å². The van der Waals surface area contributed by atoms with Crippen LogP contribution in [0.3, 0.4) is 0 Å². The summed E-state index contributed by atoms with van der Waals surface area (Å²) in [5, 5.41) is 13.9. The molecule has 1 unspecified atom stereocenters. The van der Waals surface area contributed by atoms with Crippen LogP contribution in [0.5, 0.6) is 11.5 Å². The Hall–Kier alpha value is -3.06. The first-order valence-electron chi connectivity index (χ1n) is 9.86. The van der Waals surface area contributed by atoms with Crippen LogP contribution in [-0.2, 0) is 11.2 Å². The van der Waals surface area contributed by atoms with Gasteiger partial charge in [-0.1, -0.05) is 0 Å². The number of aliphatic hydroxyl groups is 1. The van der Waals surface area contributed by atoms with Crippen LogP contribution < -0.4 is 19.7 Å². The molecule has 2 N–H and O–H groups in total. The highest BCUT2D eigenvalue weighted by Crippen LogP contribution is 2.45. The summed E-state index contributed by atoms with van der Waals surface area (Å²) in [6, 6.07) is 7.57. The summed E-state index contributed by atoms with van der Waals surface area (Å²) in [4.78, 5) is 18.6. The number of aromatic nitrogens is 1. The quantitative estimate of drug-likeness (QED) is 0.807. The summed E-state index contributed by atoms with van der Waals surface area (Å²) >= 11 is 0. The van der Waals surface area contributed by atoms with E-state index in [0.29, 0.717) is 43.2 Å². The molecular weight excluding hydrogens is 370 g/mol. The summed E-state index contributed by atoms with van der Waals surface area (Å²) in [5.74, 6) is 0.983. The molecule has 0 spiro atoms. The zero-order valence-corrected chi connectivity index (χ0v) is 16.4. The van der Waals surface area contributed by atoms with Gasteiger partial charge in [0, 0.05) is 31.0 Å². The van der Waals surface area contributed by atoms with E-state index in [1.54, 1.807) is 25.6 Å². The highest BCUT2D eigenvalue weighted by Gasteiger charge is 2.34. The Morgan fingerprint density at radius 1 is 1.31 bits per heavy atom. The summed E-state index contributed by atoms with van der Waals surface area (Å²) in [6.45, 7) is 1.72. The first-order chi connectivity index (χ1) is 14.2. The SMILES string of the molecule is COc1ccc2c3c1OCCCCN3C(O)C(C(=O)NCCc1ccncc1)=C2. The van der Waals surface area contributed by atoms with Gasteiger partial charge in [0.25, 0.3) is 5.91 Å². The Bertz CT molecular complexity index is 914. The van der Waals surface area contributed by atoms with Gasteiger partial charge in [-0.25, -0.2) is 0 Å². The smallest absolute Gasteiger partial charge is 0.251 e. The van der Waals surface area contributed by atoms with Crippen LogP contribution in [0.2, 0.25) is 0 Å². The summed E-state index contributed by atoms with van der Waals surface area (Å²) in [6.07, 6.45) is 6.61. The standard InChI is InChI=1S/C22H25N3O4/c1-28-18-5-4-16-14-17(21(26)24-11-8-15-6-9-23-10-7-15)22(27)25-12-2-3-13-29-20(18)19(16)25/h4-7,9-10,14,22,27H,2-3,8,11-13H2,1H3,(H,24,26). The van der Waals surface area contributed by atoms with Gasteiger partial charge in [0.05, 0.1) is 25.0 Å². The van der Waals surface area contributed by atoms with Crippen molar-refractivity contribution in [1.29, 1.82) is 0 Å². The van der Waals surface area contributed by atoms with Gasteiger partial charge >= 0.3 is 0 Å². The van der Waals surface area contributed by atoms with E-state index in [4.69, 9.17) is 9.47 Å². The molecule has 1 aromatic heterocycles. The second-order valence-electron chi connectivity index (χ2n) is 7.12. The van der Waals surface area contributed by atoms with Gasteiger partial charge in [-0.3, -0.25) is 9.78 Å². The number of anilines is 1. The van der Waals surface area contributed by atoms with E-state index >= 15 is 0 Å². The Balaban J connectivity index is 1.58. The average Bonchev–Trinajstić information content (AvgIpc) is 2.72. The lowest BCUT2D eigenvalue weighted by atomic mass is 9.98. The normalized spacial score (nSPS) is 17.9. The van der Waals surface area contributed by atoms with Crippen molar-refractivity contribution < 1.29 is 19.4 Å². The molecule has 0 saturated heterocycles. The number of aliphatic hydroxyl groups excluding tert-OH is 1. The number of pyridine rings is 1. The van der Waals surface area contributed by atoms with Gasteiger partial charge in [-0.2, -0.15) is 0 Å². The van der Waals surface area contributed by atoms with E-state index in [1.807, 2.05) is 29.2 Å². The Labute approximate surface area is 170 Å². The van der Waals surface area contributed by atoms with Crippen molar-refractivity contribution in [3.63, 3.8) is 0 Å². The third-order valence-electron chi connectivity index (χ3n) is 5.27. The van der Waals surface area contributed by atoms with Crippen LogP contribution >= 0.6 is 0 Å². The predicted octanol–water partition coefficient (Wildman–Crippen LogP) is 2.14. The molecule has 1 aromatic carbocycles. The summed E-state index contributed by atoms with van der Waals surface area (Å²) < 4.78 is 11.4. The third kappa shape index (κ3) is 3.91. The minimum atomic E-state index is -1.03. The topological polar surface area (TPSA) is 83.9 Å². The van der Waals surface area contributed by atoms with Crippen molar-refractivity contribution in [2.45, 2.75) is 25.5 Å². The van der Waals surface area contributed by atoms with Crippen molar-refractivity contribution in [3.8, 4) is 11.5 Å². The van der Waals surface area contributed by atoms with Crippen molar-refractivity contribution in [3.05, 3.63) is 53.4 Å². The van der Waals surface area contributed by atoms with Gasteiger partial charge in [-0.15, -0.1) is 0 Å². The third-order valence-corrected chi connectivity index (χ3v) is 5.27. The molecule has 0 radical (unpaired) electrons. The highest BCUT2D eigenvalue weighted by atomic mass is 16.5. The molecule has 1 atom stereocenters. The fourth-order valence-electron chi connectivity index (χ4n) is 3.76. The molecule has 0 bridgehead atoms. The molecule has 0 fully saturated rings. The van der Waals surface area contributed by atoms with Gasteiger partial charge < -0.3 is 24.8 Å². The monoisotopic (exact) mass is 395 g/mol. The minimum absolute atomic E-state index is 0.266. The summed E-state index contributed by atoms with van der Waals surface area (Å²) in [7, 11) is 1.60. The first-order valence-corrected chi connectivity index (χ1v) is 9.86. The zero-order valence-electron chi connectivity index (χ0n) is 16.4. The van der Waals surface area contributed by atoms with Crippen LogP contribution in [0.4, 0.5) is 5.69 Å². The van der Waals surface area contributed by atoms with Crippen molar-refractivity contribution in [1.82, 2.24) is 10.3 Å². The second-order valence-corrected chi connectivity index (χ2v) is 7.12. The average molecular weight is 395 g/mol. The van der Waals surface area contributed by atoms with E-state index in [-0.39, 0.29) is 5.91 Å². The number of ether oxygens (including phenoxy) is 2. The summed E-state index contributed by atoms with van der Waals surface area (Å²) in [5.41, 5.74) is 3.06. The predicted molar refractivity (Wildman–Crippen MR) is 110 cm³/mol. The number of benzene rings is 1. The molecule has 2 aliphatic heterocycles. The largest absolute Gasteiger partial charge is 0.493 e. The molecule has 4 rings (SSSR count). The highest BCUT2D eigenvalue weighted by molar-refractivity contribution is 6.02. The van der Waals surface area contributed by atoms with Gasteiger partial charge in [-0.05, 0) is 55.2 Å². The Morgan fingerprint density at radius 2 is 2.14 bits per heavy atom. The van der Waals surface area contributed by atoms with Crippen molar-refractivity contribution >= 4 is 17.7 Å². The molecule has 29 heavy (non-hydrogen) atoms. The van der Waals surface area contributed by atoms with Gasteiger partial charge in [0.15, 0.2) is 17.7 Å². The number of methoxy groups -OCH3 is 1. The van der Waals surface area contributed by atoms with E-state index in [0.717, 1.165) is 29.7 Å². The number of rotatable bonds is 5. The Morgan fingerprint density at radius 3 is 2.93 bits per heavy atom. The zero-order chi connectivity index (χ0) is 20.2. The van der Waals surface area contributed by atoms with Crippen LogP contribution in [0.25, 0.3) is 6.08 Å². The van der Waals surface area contributed by atoms with Crippen LogP contribution in [0.1, 0.15) is 24.0 Å². The number of nitrogens with zero attached hydrogens (tertiary/aromatic N) is 2. The molecule has 0 saturated carbocycles. The molecule has 2 aliphatic rings. The fourth-order valence-corrected chi connectivity index (χ4v) is 3.76.